The van der Waals surface area contributed by atoms with Crippen molar-refractivity contribution in [3.63, 3.8) is 0 Å². The second-order valence-electron chi connectivity index (χ2n) is 7.30. The lowest BCUT2D eigenvalue weighted by Crippen LogP contribution is -2.47. The Bertz CT molecular complexity index is 611. The fourth-order valence-electron chi connectivity index (χ4n) is 4.01. The van der Waals surface area contributed by atoms with Crippen LogP contribution in [0.15, 0.2) is 24.5 Å². The highest BCUT2D eigenvalue weighted by atomic mass is 16.7. The lowest BCUT2D eigenvalue weighted by Gasteiger charge is -2.35. The van der Waals surface area contributed by atoms with Gasteiger partial charge in [0.25, 0.3) is 0 Å². The molecule has 0 aliphatic carbocycles. The third-order valence-corrected chi connectivity index (χ3v) is 5.60. The van der Waals surface area contributed by atoms with Crippen LogP contribution in [0.4, 0.5) is 5.69 Å². The number of hydrogen-bond acceptors (Lipinski definition) is 7. The van der Waals surface area contributed by atoms with E-state index in [4.69, 9.17) is 4.84 Å². The molecule has 7 nitrogen and oxygen atoms in total. The first-order valence-corrected chi connectivity index (χ1v) is 10.0. The Balaban J connectivity index is 1.48. The molecule has 2 aliphatic rings. The molecular formula is C20H30N4O3. The number of aromatic nitrogens is 1. The number of pyridine rings is 1. The van der Waals surface area contributed by atoms with Crippen molar-refractivity contribution in [2.24, 2.45) is 11.8 Å². The highest BCUT2D eigenvalue weighted by molar-refractivity contribution is 5.85. The SMILES string of the molecule is CCC(=O)C(CC(=O)ON1CCN(c2ccncc2)CC1)C1CCNCC1. The van der Waals surface area contributed by atoms with Gasteiger partial charge in [-0.1, -0.05) is 6.92 Å². The highest BCUT2D eigenvalue weighted by Crippen LogP contribution is 2.27. The first kappa shape index (κ1) is 19.8. The first-order valence-electron chi connectivity index (χ1n) is 10.0. The molecule has 148 valence electrons. The van der Waals surface area contributed by atoms with E-state index in [2.05, 4.69) is 15.2 Å². The molecule has 0 saturated carbocycles. The van der Waals surface area contributed by atoms with Crippen molar-refractivity contribution in [3.05, 3.63) is 24.5 Å². The molecule has 0 spiro atoms. The second-order valence-corrected chi connectivity index (χ2v) is 7.30. The molecule has 3 rings (SSSR count). The van der Waals surface area contributed by atoms with Crippen LogP contribution in [0, 0.1) is 11.8 Å². The maximum absolute atomic E-state index is 12.5. The summed E-state index contributed by atoms with van der Waals surface area (Å²) in [5.74, 6) is -0.0171. The molecule has 1 unspecified atom stereocenters. The van der Waals surface area contributed by atoms with Gasteiger partial charge in [0.1, 0.15) is 5.78 Å². The molecular weight excluding hydrogens is 344 g/mol. The number of carbonyl (C=O) groups excluding carboxylic acids is 2. The zero-order valence-electron chi connectivity index (χ0n) is 16.1. The zero-order valence-corrected chi connectivity index (χ0v) is 16.1. The molecule has 2 saturated heterocycles. The standard InChI is InChI=1S/C20H30N4O3/c1-2-19(25)18(16-3-7-21-8-4-16)15-20(26)27-24-13-11-23(12-14-24)17-5-9-22-10-6-17/h5-6,9-10,16,18,21H,2-4,7-8,11-15H2,1H3. The molecule has 0 aromatic carbocycles. The van der Waals surface area contributed by atoms with Gasteiger partial charge in [0.2, 0.25) is 0 Å². The van der Waals surface area contributed by atoms with Crippen LogP contribution >= 0.6 is 0 Å². The first-order chi connectivity index (χ1) is 13.2. The average Bonchev–Trinajstić information content (AvgIpc) is 2.73. The molecule has 2 aliphatic heterocycles. The largest absolute Gasteiger partial charge is 0.369 e. The quantitative estimate of drug-likeness (QED) is 0.778. The molecule has 3 heterocycles. The average molecular weight is 374 g/mol. The summed E-state index contributed by atoms with van der Waals surface area (Å²) in [6, 6.07) is 3.98. The van der Waals surface area contributed by atoms with Crippen LogP contribution in [0.1, 0.15) is 32.6 Å². The number of anilines is 1. The molecule has 0 amide bonds. The fourth-order valence-corrected chi connectivity index (χ4v) is 4.01. The normalized spacial score (nSPS) is 20.3. The zero-order chi connectivity index (χ0) is 19.1. The Morgan fingerprint density at radius 1 is 1.19 bits per heavy atom. The summed E-state index contributed by atoms with van der Waals surface area (Å²) >= 11 is 0. The minimum atomic E-state index is -0.280. The molecule has 1 aromatic heterocycles. The van der Waals surface area contributed by atoms with Crippen LogP contribution in [0.5, 0.6) is 0 Å². The maximum atomic E-state index is 12.5. The summed E-state index contributed by atoms with van der Waals surface area (Å²) in [6.07, 6.45) is 6.15. The van der Waals surface area contributed by atoms with Gasteiger partial charge in [0.05, 0.1) is 19.5 Å². The van der Waals surface area contributed by atoms with Crippen LogP contribution in [0.25, 0.3) is 0 Å². The van der Waals surface area contributed by atoms with E-state index in [-0.39, 0.29) is 30.0 Å². The van der Waals surface area contributed by atoms with E-state index < -0.39 is 0 Å². The lowest BCUT2D eigenvalue weighted by atomic mass is 9.79. The van der Waals surface area contributed by atoms with Crippen LogP contribution in [-0.4, -0.2) is 61.1 Å². The molecule has 2 fully saturated rings. The highest BCUT2D eigenvalue weighted by Gasteiger charge is 2.32. The van der Waals surface area contributed by atoms with E-state index in [0.29, 0.717) is 19.5 Å². The van der Waals surface area contributed by atoms with E-state index in [1.807, 2.05) is 19.1 Å². The molecule has 1 atom stereocenters. The smallest absolute Gasteiger partial charge is 0.325 e. The minimum Gasteiger partial charge on any atom is -0.369 e. The third-order valence-electron chi connectivity index (χ3n) is 5.60. The molecule has 1 N–H and O–H groups in total. The number of Topliss-reactive ketones (excluding diaryl/α,β-unsaturated/α-hetero) is 1. The van der Waals surface area contributed by atoms with E-state index in [1.165, 1.54) is 0 Å². The molecule has 0 bridgehead atoms. The topological polar surface area (TPSA) is 74.8 Å². The van der Waals surface area contributed by atoms with Gasteiger partial charge in [0, 0.05) is 43.5 Å². The number of carbonyl (C=O) groups is 2. The number of ketones is 1. The van der Waals surface area contributed by atoms with Crippen LogP contribution in [0.2, 0.25) is 0 Å². The van der Waals surface area contributed by atoms with Gasteiger partial charge in [-0.15, -0.1) is 5.06 Å². The van der Waals surface area contributed by atoms with Gasteiger partial charge in [-0.25, -0.2) is 0 Å². The van der Waals surface area contributed by atoms with Crippen LogP contribution < -0.4 is 10.2 Å². The van der Waals surface area contributed by atoms with Gasteiger partial charge in [0.15, 0.2) is 0 Å². The van der Waals surface area contributed by atoms with Gasteiger partial charge in [-0.3, -0.25) is 14.6 Å². The van der Waals surface area contributed by atoms with E-state index in [0.717, 1.165) is 44.7 Å². The number of hydroxylamine groups is 2. The number of nitrogens with one attached hydrogen (secondary N) is 1. The predicted molar refractivity (Wildman–Crippen MR) is 103 cm³/mol. The van der Waals surface area contributed by atoms with Crippen molar-refractivity contribution in [2.45, 2.75) is 32.6 Å². The predicted octanol–water partition coefficient (Wildman–Crippen LogP) is 1.65. The Labute approximate surface area is 161 Å². The van der Waals surface area contributed by atoms with Crippen molar-refractivity contribution < 1.29 is 14.4 Å². The van der Waals surface area contributed by atoms with Crippen molar-refractivity contribution in [3.8, 4) is 0 Å². The summed E-state index contributed by atoms with van der Waals surface area (Å²) in [5, 5.41) is 5.05. The number of piperazine rings is 1. The Morgan fingerprint density at radius 3 is 2.48 bits per heavy atom. The summed E-state index contributed by atoms with van der Waals surface area (Å²) in [5.41, 5.74) is 1.13. The summed E-state index contributed by atoms with van der Waals surface area (Å²) in [4.78, 5) is 36.7. The van der Waals surface area contributed by atoms with Crippen LogP contribution in [-0.2, 0) is 14.4 Å². The Morgan fingerprint density at radius 2 is 1.85 bits per heavy atom. The van der Waals surface area contributed by atoms with Crippen molar-refractivity contribution in [2.75, 3.05) is 44.2 Å². The lowest BCUT2D eigenvalue weighted by molar-refractivity contribution is -0.193. The molecule has 0 radical (unpaired) electrons. The number of hydrogen-bond donors (Lipinski definition) is 1. The third kappa shape index (κ3) is 5.49. The molecule has 1 aromatic rings. The number of piperidine rings is 1. The van der Waals surface area contributed by atoms with Crippen LogP contribution in [0.3, 0.4) is 0 Å². The van der Waals surface area contributed by atoms with Gasteiger partial charge in [-0.05, 0) is 44.0 Å². The second kappa shape index (κ2) is 9.80. The number of rotatable bonds is 7. The minimum absolute atomic E-state index is 0.182. The summed E-state index contributed by atoms with van der Waals surface area (Å²) < 4.78 is 0. The fraction of sp³-hybridized carbons (Fsp3) is 0.650. The van der Waals surface area contributed by atoms with Crippen molar-refractivity contribution >= 4 is 17.4 Å². The maximum Gasteiger partial charge on any atom is 0.325 e. The van der Waals surface area contributed by atoms with E-state index in [1.54, 1.807) is 17.5 Å². The Hall–Kier alpha value is -1.99. The molecule has 7 heteroatoms. The summed E-state index contributed by atoms with van der Waals surface area (Å²) in [7, 11) is 0. The monoisotopic (exact) mass is 374 g/mol. The van der Waals surface area contributed by atoms with Crippen molar-refractivity contribution in [1.29, 1.82) is 0 Å². The van der Waals surface area contributed by atoms with Gasteiger partial charge >= 0.3 is 5.97 Å². The summed E-state index contributed by atoms with van der Waals surface area (Å²) in [6.45, 7) is 6.63. The Kier molecular flexibility index (Phi) is 7.18. The van der Waals surface area contributed by atoms with E-state index in [9.17, 15) is 9.59 Å². The number of nitrogens with zero attached hydrogens (tertiary/aromatic N) is 3. The molecule has 27 heavy (non-hydrogen) atoms. The van der Waals surface area contributed by atoms with Crippen molar-refractivity contribution in [1.82, 2.24) is 15.4 Å². The van der Waals surface area contributed by atoms with Gasteiger partial charge < -0.3 is 15.1 Å². The van der Waals surface area contributed by atoms with E-state index >= 15 is 0 Å². The van der Waals surface area contributed by atoms with Gasteiger partial charge in [-0.2, -0.15) is 0 Å².